The largest absolute Gasteiger partial charge is 0.494 e. The number of likely N-dealkylation sites (tertiary alicyclic amines) is 1. The van der Waals surface area contributed by atoms with Crippen molar-refractivity contribution in [3.63, 3.8) is 0 Å². The molecule has 23 heavy (non-hydrogen) atoms. The summed E-state index contributed by atoms with van der Waals surface area (Å²) in [6.07, 6.45) is 3.62. The van der Waals surface area contributed by atoms with Crippen molar-refractivity contribution in [1.29, 1.82) is 0 Å². The quantitative estimate of drug-likeness (QED) is 0.776. The molecule has 1 aromatic carbocycles. The summed E-state index contributed by atoms with van der Waals surface area (Å²) >= 11 is 5.99. The van der Waals surface area contributed by atoms with Crippen LogP contribution in [0.1, 0.15) is 31.2 Å². The van der Waals surface area contributed by atoms with E-state index in [9.17, 15) is 4.79 Å². The maximum absolute atomic E-state index is 12.3. The highest BCUT2D eigenvalue weighted by molar-refractivity contribution is 6.31. The summed E-state index contributed by atoms with van der Waals surface area (Å²) in [5.41, 5.74) is 1.00. The zero-order valence-electron chi connectivity index (χ0n) is 14.1. The normalized spacial score (nSPS) is 18.0. The molecule has 1 aliphatic heterocycles. The van der Waals surface area contributed by atoms with Crippen LogP contribution in [-0.4, -0.2) is 44.1 Å². The van der Waals surface area contributed by atoms with Crippen LogP contribution in [0.2, 0.25) is 5.02 Å². The second-order valence-corrected chi connectivity index (χ2v) is 6.68. The van der Waals surface area contributed by atoms with Crippen LogP contribution < -0.4 is 10.1 Å². The number of nitrogens with one attached hydrogen (secondary N) is 1. The average molecular weight is 339 g/mol. The summed E-state index contributed by atoms with van der Waals surface area (Å²) in [7, 11) is 1.97. The third-order valence-electron chi connectivity index (χ3n) is 4.30. The van der Waals surface area contributed by atoms with Gasteiger partial charge in [-0.3, -0.25) is 4.79 Å². The van der Waals surface area contributed by atoms with Crippen molar-refractivity contribution in [2.75, 3.05) is 33.3 Å². The molecule has 0 unspecified atom stereocenters. The molecule has 4 nitrogen and oxygen atoms in total. The lowest BCUT2D eigenvalue weighted by Crippen LogP contribution is -2.42. The molecule has 0 bridgehead atoms. The van der Waals surface area contributed by atoms with Gasteiger partial charge in [0.15, 0.2) is 0 Å². The topological polar surface area (TPSA) is 41.6 Å². The number of halogens is 1. The summed E-state index contributed by atoms with van der Waals surface area (Å²) in [4.78, 5) is 14.3. The van der Waals surface area contributed by atoms with E-state index in [0.29, 0.717) is 18.9 Å². The van der Waals surface area contributed by atoms with Gasteiger partial charge in [0.1, 0.15) is 5.75 Å². The van der Waals surface area contributed by atoms with E-state index < -0.39 is 0 Å². The molecule has 0 aromatic heterocycles. The number of aryl methyl sites for hydroxylation is 1. The average Bonchev–Trinajstić information content (AvgIpc) is 2.55. The number of hydrogen-bond acceptors (Lipinski definition) is 3. The first-order chi connectivity index (χ1) is 11.1. The molecular formula is C18H27ClN2O2. The SMILES string of the molecule is CNC[C@H]1CCCN(C(=O)CCCOc2ccc(Cl)c(C)c2)C1. The molecule has 1 aliphatic rings. The van der Waals surface area contributed by atoms with Crippen LogP contribution >= 0.6 is 11.6 Å². The van der Waals surface area contributed by atoms with Gasteiger partial charge >= 0.3 is 0 Å². The zero-order valence-corrected chi connectivity index (χ0v) is 14.9. The number of rotatable bonds is 7. The molecule has 5 heteroatoms. The van der Waals surface area contributed by atoms with Gasteiger partial charge in [-0.2, -0.15) is 0 Å². The third kappa shape index (κ3) is 5.70. The second-order valence-electron chi connectivity index (χ2n) is 6.27. The van der Waals surface area contributed by atoms with E-state index in [1.54, 1.807) is 0 Å². The molecule has 1 atom stereocenters. The highest BCUT2D eigenvalue weighted by Gasteiger charge is 2.22. The van der Waals surface area contributed by atoms with Gasteiger partial charge in [-0.1, -0.05) is 11.6 Å². The highest BCUT2D eigenvalue weighted by atomic mass is 35.5. The Bertz CT molecular complexity index is 520. The van der Waals surface area contributed by atoms with Gasteiger partial charge in [0, 0.05) is 24.5 Å². The van der Waals surface area contributed by atoms with Gasteiger partial charge in [0.05, 0.1) is 6.61 Å². The Morgan fingerprint density at radius 3 is 3.04 bits per heavy atom. The minimum Gasteiger partial charge on any atom is -0.494 e. The summed E-state index contributed by atoms with van der Waals surface area (Å²) in [6, 6.07) is 5.63. The van der Waals surface area contributed by atoms with Gasteiger partial charge in [-0.25, -0.2) is 0 Å². The van der Waals surface area contributed by atoms with Crippen molar-refractivity contribution in [2.45, 2.75) is 32.6 Å². The molecule has 0 aliphatic carbocycles. The van der Waals surface area contributed by atoms with Gasteiger partial charge in [-0.15, -0.1) is 0 Å². The minimum atomic E-state index is 0.252. The molecule has 0 saturated carbocycles. The molecule has 1 heterocycles. The molecule has 128 valence electrons. The number of amides is 1. The first-order valence-electron chi connectivity index (χ1n) is 8.41. The van der Waals surface area contributed by atoms with E-state index in [0.717, 1.165) is 48.8 Å². The van der Waals surface area contributed by atoms with E-state index in [-0.39, 0.29) is 5.91 Å². The fourth-order valence-electron chi connectivity index (χ4n) is 3.03. The molecular weight excluding hydrogens is 312 g/mol. The van der Waals surface area contributed by atoms with Crippen LogP contribution in [0.4, 0.5) is 0 Å². The van der Waals surface area contributed by atoms with Crippen LogP contribution in [0.3, 0.4) is 0 Å². The van der Waals surface area contributed by atoms with E-state index in [1.807, 2.05) is 37.1 Å². The summed E-state index contributed by atoms with van der Waals surface area (Å²) < 4.78 is 5.70. The molecule has 1 amide bonds. The second kappa shape index (κ2) is 9.14. The maximum atomic E-state index is 12.3. The van der Waals surface area contributed by atoms with E-state index in [1.165, 1.54) is 6.42 Å². The lowest BCUT2D eigenvalue weighted by molar-refractivity contribution is -0.133. The summed E-state index contributed by atoms with van der Waals surface area (Å²) in [6.45, 7) is 5.28. The van der Waals surface area contributed by atoms with Crippen LogP contribution in [0.5, 0.6) is 5.75 Å². The Kier molecular flexibility index (Phi) is 7.18. The standard InChI is InChI=1S/C18H27ClN2O2/c1-14-11-16(7-8-17(14)19)23-10-4-6-18(22)21-9-3-5-15(13-21)12-20-2/h7-8,11,15,20H,3-6,9-10,12-13H2,1-2H3/t15-/m1/s1. The first kappa shape index (κ1) is 18.1. The maximum Gasteiger partial charge on any atom is 0.222 e. The number of hydrogen-bond donors (Lipinski definition) is 1. The molecule has 2 rings (SSSR count). The predicted molar refractivity (Wildman–Crippen MR) is 94.1 cm³/mol. The van der Waals surface area contributed by atoms with Gasteiger partial charge < -0.3 is 15.0 Å². The van der Waals surface area contributed by atoms with Crippen molar-refractivity contribution < 1.29 is 9.53 Å². The fourth-order valence-corrected chi connectivity index (χ4v) is 3.14. The van der Waals surface area contributed by atoms with Crippen molar-refractivity contribution in [2.24, 2.45) is 5.92 Å². The van der Waals surface area contributed by atoms with Crippen molar-refractivity contribution in [1.82, 2.24) is 10.2 Å². The molecule has 0 spiro atoms. The van der Waals surface area contributed by atoms with Crippen LogP contribution in [0.25, 0.3) is 0 Å². The Morgan fingerprint density at radius 2 is 2.30 bits per heavy atom. The Balaban J connectivity index is 1.69. The third-order valence-corrected chi connectivity index (χ3v) is 4.72. The van der Waals surface area contributed by atoms with Gasteiger partial charge in [0.2, 0.25) is 5.91 Å². The number of ether oxygens (including phenoxy) is 1. The Hall–Kier alpha value is -1.26. The summed E-state index contributed by atoms with van der Waals surface area (Å²) in [5, 5.41) is 3.95. The number of nitrogens with zero attached hydrogens (tertiary/aromatic N) is 1. The lowest BCUT2D eigenvalue weighted by atomic mass is 9.97. The number of piperidine rings is 1. The molecule has 1 saturated heterocycles. The first-order valence-corrected chi connectivity index (χ1v) is 8.79. The minimum absolute atomic E-state index is 0.252. The summed E-state index contributed by atoms with van der Waals surface area (Å²) in [5.74, 6) is 1.65. The number of carbonyl (C=O) groups excluding carboxylic acids is 1. The van der Waals surface area contributed by atoms with Crippen molar-refractivity contribution in [3.05, 3.63) is 28.8 Å². The zero-order chi connectivity index (χ0) is 16.7. The molecule has 1 fully saturated rings. The highest BCUT2D eigenvalue weighted by Crippen LogP contribution is 2.21. The van der Waals surface area contributed by atoms with Gasteiger partial charge in [-0.05, 0) is 69.5 Å². The Morgan fingerprint density at radius 1 is 1.48 bits per heavy atom. The van der Waals surface area contributed by atoms with Gasteiger partial charge in [0.25, 0.3) is 0 Å². The fraction of sp³-hybridized carbons (Fsp3) is 0.611. The van der Waals surface area contributed by atoms with Crippen LogP contribution in [0, 0.1) is 12.8 Å². The van der Waals surface area contributed by atoms with Crippen LogP contribution in [0.15, 0.2) is 18.2 Å². The van der Waals surface area contributed by atoms with E-state index >= 15 is 0 Å². The molecule has 0 radical (unpaired) electrons. The van der Waals surface area contributed by atoms with E-state index in [4.69, 9.17) is 16.3 Å². The monoisotopic (exact) mass is 338 g/mol. The Labute approximate surface area is 144 Å². The van der Waals surface area contributed by atoms with E-state index in [2.05, 4.69) is 5.32 Å². The van der Waals surface area contributed by atoms with Crippen molar-refractivity contribution in [3.8, 4) is 5.75 Å². The smallest absolute Gasteiger partial charge is 0.222 e. The number of benzene rings is 1. The molecule has 1 aromatic rings. The van der Waals surface area contributed by atoms with Crippen molar-refractivity contribution >= 4 is 17.5 Å². The van der Waals surface area contributed by atoms with Crippen LogP contribution in [-0.2, 0) is 4.79 Å². The lowest BCUT2D eigenvalue weighted by Gasteiger charge is -2.32. The predicted octanol–water partition coefficient (Wildman–Crippen LogP) is 3.27. The molecule has 1 N–H and O–H groups in total. The number of carbonyl (C=O) groups is 1.